The minimum Gasteiger partial charge on any atom is -0.309 e. The van der Waals surface area contributed by atoms with Gasteiger partial charge in [-0.2, -0.15) is 0 Å². The molecule has 0 atom stereocenters. The highest BCUT2D eigenvalue weighted by atomic mass is 28.3. The summed E-state index contributed by atoms with van der Waals surface area (Å²) in [6.07, 6.45) is 4.63. The van der Waals surface area contributed by atoms with Crippen LogP contribution in [0.25, 0.3) is 0 Å². The lowest BCUT2D eigenvalue weighted by atomic mass is 10.1. The van der Waals surface area contributed by atoms with Crippen molar-refractivity contribution in [3.05, 3.63) is 47.8 Å². The van der Waals surface area contributed by atoms with Crippen LogP contribution in [0.5, 0.6) is 0 Å². The molecule has 1 aliphatic heterocycles. The van der Waals surface area contributed by atoms with Gasteiger partial charge in [0.25, 0.3) is 0 Å². The Labute approximate surface area is 165 Å². The number of para-hydroxylation sites is 1. The Morgan fingerprint density at radius 3 is 2.15 bits per heavy atom. The topological polar surface area (TPSA) is 29.0 Å². The maximum Gasteiger partial charge on any atom is 0.229 e. The van der Waals surface area contributed by atoms with Crippen molar-refractivity contribution in [2.75, 3.05) is 11.4 Å². The van der Waals surface area contributed by atoms with Gasteiger partial charge in [0.15, 0.2) is 0 Å². The van der Waals surface area contributed by atoms with Crippen molar-refractivity contribution in [2.45, 2.75) is 64.6 Å². The second-order valence-electron chi connectivity index (χ2n) is 8.41. The molecule has 27 heavy (non-hydrogen) atoms. The first kappa shape index (κ1) is 19.6. The molecular formula is C23H31N3Si. The van der Waals surface area contributed by atoms with E-state index >= 15 is 0 Å². The van der Waals surface area contributed by atoms with Crippen molar-refractivity contribution < 1.29 is 0 Å². The van der Waals surface area contributed by atoms with Crippen LogP contribution in [0.1, 0.15) is 52.7 Å². The summed E-state index contributed by atoms with van der Waals surface area (Å²) in [7, 11) is -1.76. The summed E-state index contributed by atoms with van der Waals surface area (Å²) >= 11 is 0. The zero-order valence-corrected chi connectivity index (χ0v) is 18.5. The van der Waals surface area contributed by atoms with Crippen LogP contribution in [0.2, 0.25) is 16.6 Å². The summed E-state index contributed by atoms with van der Waals surface area (Å²) in [4.78, 5) is 11.2. The van der Waals surface area contributed by atoms with Crippen LogP contribution in [-0.2, 0) is 6.42 Å². The minimum absolute atomic E-state index is 0.635. The average molecular weight is 378 g/mol. The van der Waals surface area contributed by atoms with E-state index in [-0.39, 0.29) is 0 Å². The van der Waals surface area contributed by atoms with Crippen molar-refractivity contribution in [3.63, 3.8) is 0 Å². The molecule has 0 bridgehead atoms. The van der Waals surface area contributed by atoms with Crippen LogP contribution >= 0.6 is 0 Å². The summed E-state index contributed by atoms with van der Waals surface area (Å²) in [6.45, 7) is 15.1. The summed E-state index contributed by atoms with van der Waals surface area (Å²) in [5, 5.41) is 0. The number of hydrogen-bond acceptors (Lipinski definition) is 3. The quantitative estimate of drug-likeness (QED) is 0.502. The van der Waals surface area contributed by atoms with Gasteiger partial charge in [-0.1, -0.05) is 59.6 Å². The summed E-state index contributed by atoms with van der Waals surface area (Å²) in [5.41, 5.74) is 9.45. The molecule has 0 saturated heterocycles. The van der Waals surface area contributed by atoms with Gasteiger partial charge in [-0.3, -0.25) is 0 Å². The molecule has 0 saturated carbocycles. The number of fused-ring (bicyclic) bond motifs is 1. The van der Waals surface area contributed by atoms with Gasteiger partial charge in [-0.25, -0.2) is 9.97 Å². The first-order valence-electron chi connectivity index (χ1n) is 10.1. The zero-order chi connectivity index (χ0) is 19.6. The first-order chi connectivity index (χ1) is 12.9. The van der Waals surface area contributed by atoms with Crippen LogP contribution in [0.15, 0.2) is 36.7 Å². The molecule has 1 aliphatic rings. The van der Waals surface area contributed by atoms with Crippen molar-refractivity contribution in [2.24, 2.45) is 0 Å². The fourth-order valence-electron chi connectivity index (χ4n) is 4.80. The molecule has 2 heterocycles. The van der Waals surface area contributed by atoms with E-state index in [4.69, 9.17) is 0 Å². The van der Waals surface area contributed by atoms with Gasteiger partial charge in [0.05, 0.1) is 5.69 Å². The predicted molar refractivity (Wildman–Crippen MR) is 117 cm³/mol. The van der Waals surface area contributed by atoms with Crippen molar-refractivity contribution in [3.8, 4) is 11.5 Å². The van der Waals surface area contributed by atoms with E-state index in [1.54, 1.807) is 0 Å². The van der Waals surface area contributed by atoms with Crippen molar-refractivity contribution in [1.29, 1.82) is 0 Å². The Bertz CT molecular complexity index is 825. The number of rotatable bonds is 4. The lowest BCUT2D eigenvalue weighted by Gasteiger charge is -2.38. The average Bonchev–Trinajstić information content (AvgIpc) is 3.07. The molecule has 0 aliphatic carbocycles. The van der Waals surface area contributed by atoms with E-state index in [9.17, 15) is 0 Å². The Morgan fingerprint density at radius 1 is 0.926 bits per heavy atom. The molecule has 0 fully saturated rings. The van der Waals surface area contributed by atoms with E-state index in [2.05, 4.69) is 86.1 Å². The molecule has 0 radical (unpaired) electrons. The number of benzene rings is 1. The van der Waals surface area contributed by atoms with Gasteiger partial charge < -0.3 is 4.90 Å². The van der Waals surface area contributed by atoms with Gasteiger partial charge in [0.1, 0.15) is 8.07 Å². The largest absolute Gasteiger partial charge is 0.309 e. The van der Waals surface area contributed by atoms with Crippen LogP contribution < -0.4 is 4.90 Å². The van der Waals surface area contributed by atoms with Crippen LogP contribution in [0.4, 0.5) is 11.6 Å². The van der Waals surface area contributed by atoms with Crippen LogP contribution in [-0.4, -0.2) is 24.6 Å². The van der Waals surface area contributed by atoms with Gasteiger partial charge in [0, 0.05) is 24.5 Å². The molecule has 142 valence electrons. The van der Waals surface area contributed by atoms with E-state index in [0.717, 1.165) is 24.5 Å². The number of nitrogens with zero attached hydrogens (tertiary/aromatic N) is 3. The molecule has 0 spiro atoms. The molecule has 0 amide bonds. The molecule has 3 rings (SSSR count). The number of anilines is 2. The molecule has 0 unspecified atom stereocenters. The summed E-state index contributed by atoms with van der Waals surface area (Å²) in [5.74, 6) is 4.41. The fourth-order valence-corrected chi connectivity index (χ4v) is 10.0. The Morgan fingerprint density at radius 2 is 1.56 bits per heavy atom. The third kappa shape index (κ3) is 3.53. The molecule has 1 aromatic heterocycles. The minimum atomic E-state index is -1.76. The third-order valence-corrected chi connectivity index (χ3v) is 12.4. The maximum absolute atomic E-state index is 4.47. The molecular weight excluding hydrogens is 346 g/mol. The predicted octanol–water partition coefficient (Wildman–Crippen LogP) is 5.74. The van der Waals surface area contributed by atoms with Crippen molar-refractivity contribution in [1.82, 2.24) is 9.97 Å². The maximum atomic E-state index is 4.47. The third-order valence-electron chi connectivity index (χ3n) is 6.07. The molecule has 3 nitrogen and oxygen atoms in total. The Balaban J connectivity index is 2.09. The smallest absolute Gasteiger partial charge is 0.229 e. The van der Waals surface area contributed by atoms with E-state index < -0.39 is 8.07 Å². The lowest BCUT2D eigenvalue weighted by molar-refractivity contribution is 0.838. The summed E-state index contributed by atoms with van der Waals surface area (Å²) < 4.78 is 0. The number of aromatic nitrogens is 2. The van der Waals surface area contributed by atoms with Crippen molar-refractivity contribution >= 4 is 19.7 Å². The first-order valence-corrected chi connectivity index (χ1v) is 12.3. The van der Waals surface area contributed by atoms with Gasteiger partial charge in [-0.15, -0.1) is 5.54 Å². The SMILES string of the molecule is CC(C)[Si](C#Cc1cccc2c1N(c1ncccn1)CC2)(C(C)C)C(C)C. The van der Waals surface area contributed by atoms with Gasteiger partial charge >= 0.3 is 0 Å². The van der Waals surface area contributed by atoms with E-state index in [0.29, 0.717) is 16.6 Å². The van der Waals surface area contributed by atoms with Gasteiger partial charge in [0.2, 0.25) is 5.95 Å². The van der Waals surface area contributed by atoms with Crippen LogP contribution in [0, 0.1) is 11.5 Å². The zero-order valence-electron chi connectivity index (χ0n) is 17.5. The fraction of sp³-hybridized carbons (Fsp3) is 0.478. The van der Waals surface area contributed by atoms with E-state index in [1.165, 1.54) is 11.3 Å². The van der Waals surface area contributed by atoms with Gasteiger partial charge in [-0.05, 0) is 40.7 Å². The monoisotopic (exact) mass is 377 g/mol. The highest BCUT2D eigenvalue weighted by Gasteiger charge is 2.41. The second kappa shape index (κ2) is 7.86. The standard InChI is InChI=1S/C23H31N3Si/c1-17(2)27(18(3)4,19(5)6)16-12-21-10-7-9-20-11-15-26(22(20)21)23-24-13-8-14-25-23/h7-10,13-14,17-19H,11,15H2,1-6H3. The molecule has 1 aromatic carbocycles. The highest BCUT2D eigenvalue weighted by molar-refractivity contribution is 6.90. The highest BCUT2D eigenvalue weighted by Crippen LogP contribution is 2.41. The molecule has 4 heteroatoms. The normalized spacial score (nSPS) is 13.9. The molecule has 0 N–H and O–H groups in total. The Hall–Kier alpha value is -2.12. The summed E-state index contributed by atoms with van der Waals surface area (Å²) in [6, 6.07) is 8.37. The second-order valence-corrected chi connectivity index (χ2v) is 14.0. The lowest BCUT2D eigenvalue weighted by Crippen LogP contribution is -2.43. The Kier molecular flexibility index (Phi) is 5.71. The number of hydrogen-bond donors (Lipinski definition) is 0. The van der Waals surface area contributed by atoms with E-state index in [1.807, 2.05) is 18.5 Å². The molecule has 2 aromatic rings. The van der Waals surface area contributed by atoms with Crippen LogP contribution in [0.3, 0.4) is 0 Å².